The fraction of sp³-hybridized carbons (Fsp3) is 0.727. The molecule has 1 aromatic heterocycles. The summed E-state index contributed by atoms with van der Waals surface area (Å²) >= 11 is 0. The molecule has 1 saturated heterocycles. The third-order valence-electron chi connectivity index (χ3n) is 5.28. The van der Waals surface area contributed by atoms with Crippen LogP contribution in [0.1, 0.15) is 73.3 Å². The molecule has 1 aliphatic heterocycles. The Morgan fingerprint density at radius 1 is 1.33 bits per heavy atom. The summed E-state index contributed by atoms with van der Waals surface area (Å²) in [7, 11) is 0. The Hall–Kier alpha value is -1.62. The average Bonchev–Trinajstić information content (AvgIpc) is 3.02. The molecule has 1 aliphatic rings. The highest BCUT2D eigenvalue weighted by Gasteiger charge is 2.26. The number of nitrogens with zero attached hydrogens (tertiary/aromatic N) is 3. The first kappa shape index (κ1) is 21.7. The highest BCUT2D eigenvalue weighted by molar-refractivity contribution is 5.93. The van der Waals surface area contributed by atoms with Gasteiger partial charge in [0.05, 0.1) is 12.2 Å². The normalized spacial score (nSPS) is 17.6. The van der Waals surface area contributed by atoms with E-state index in [2.05, 4.69) is 42.2 Å². The van der Waals surface area contributed by atoms with Gasteiger partial charge in [-0.3, -0.25) is 4.79 Å². The van der Waals surface area contributed by atoms with Gasteiger partial charge in [0.2, 0.25) is 5.91 Å². The van der Waals surface area contributed by atoms with Crippen LogP contribution in [0.3, 0.4) is 0 Å². The smallest absolute Gasteiger partial charge is 0.230 e. The maximum atomic E-state index is 12.3. The van der Waals surface area contributed by atoms with Crippen LogP contribution < -0.4 is 5.32 Å². The third kappa shape index (κ3) is 6.80. The van der Waals surface area contributed by atoms with E-state index in [0.717, 1.165) is 37.7 Å². The number of hydrogen-bond acceptors (Lipinski definition) is 3. The fourth-order valence-electron chi connectivity index (χ4n) is 3.54. The Morgan fingerprint density at radius 2 is 2.00 bits per heavy atom. The van der Waals surface area contributed by atoms with Gasteiger partial charge in [0.15, 0.2) is 0 Å². The molecule has 0 radical (unpaired) electrons. The third-order valence-corrected chi connectivity index (χ3v) is 5.28. The molecule has 1 amide bonds. The zero-order valence-corrected chi connectivity index (χ0v) is 18.1. The van der Waals surface area contributed by atoms with Crippen molar-refractivity contribution in [2.24, 2.45) is 11.3 Å². The molecule has 1 aromatic rings. The van der Waals surface area contributed by atoms with Crippen LogP contribution in [0, 0.1) is 11.3 Å². The van der Waals surface area contributed by atoms with Crippen molar-refractivity contribution in [1.82, 2.24) is 14.7 Å². The number of carbonyl (C=O) groups excluding carboxylic acids is 1. The fourth-order valence-corrected chi connectivity index (χ4v) is 3.54. The summed E-state index contributed by atoms with van der Waals surface area (Å²) < 4.78 is 2.01. The molecule has 1 fully saturated rings. The van der Waals surface area contributed by atoms with Gasteiger partial charge < -0.3 is 10.2 Å². The lowest BCUT2D eigenvalue weighted by atomic mass is 9.96. The van der Waals surface area contributed by atoms with E-state index in [1.54, 1.807) is 6.20 Å². The second-order valence-corrected chi connectivity index (χ2v) is 9.36. The average molecular weight is 375 g/mol. The first-order valence-electron chi connectivity index (χ1n) is 10.4. The number of carbonyl (C=O) groups is 1. The van der Waals surface area contributed by atoms with Crippen LogP contribution >= 0.6 is 0 Å². The molecule has 2 heterocycles. The zero-order valence-electron chi connectivity index (χ0n) is 18.1. The molecular formula is C22H38N4O. The van der Waals surface area contributed by atoms with Crippen molar-refractivity contribution in [2.75, 3.05) is 25.0 Å². The Bertz CT molecular complexity index is 629. The number of allylic oxidation sites excluding steroid dienone is 2. The molecule has 0 bridgehead atoms. The lowest BCUT2D eigenvalue weighted by Crippen LogP contribution is -2.38. The number of piperidine rings is 1. The van der Waals surface area contributed by atoms with E-state index in [-0.39, 0.29) is 5.91 Å². The number of rotatable bonds is 7. The van der Waals surface area contributed by atoms with Gasteiger partial charge in [0.25, 0.3) is 0 Å². The minimum Gasteiger partial charge on any atom is -0.310 e. The van der Waals surface area contributed by atoms with Gasteiger partial charge >= 0.3 is 0 Å². The van der Waals surface area contributed by atoms with Crippen LogP contribution in [-0.2, 0) is 4.79 Å². The zero-order chi connectivity index (χ0) is 20.0. The van der Waals surface area contributed by atoms with E-state index in [4.69, 9.17) is 0 Å². The minimum atomic E-state index is -0.403. The summed E-state index contributed by atoms with van der Waals surface area (Å²) in [4.78, 5) is 14.9. The standard InChI is InChI=1S/C22H38N4O/c1-17(2)8-7-9-18(3)16-25-14-11-19(12-15-25)26-20(10-13-23-26)24-21(27)22(4,5)6/h8,10,13,18-19H,7,9,11-12,14-16H2,1-6H3,(H,24,27)/t18-/m1/s1. The van der Waals surface area contributed by atoms with Gasteiger partial charge in [-0.1, -0.05) is 39.3 Å². The number of hydrogen-bond donors (Lipinski definition) is 1. The maximum Gasteiger partial charge on any atom is 0.230 e. The van der Waals surface area contributed by atoms with Gasteiger partial charge in [0, 0.05) is 31.1 Å². The van der Waals surface area contributed by atoms with Crippen LogP contribution in [0.25, 0.3) is 0 Å². The second kappa shape index (κ2) is 9.54. The molecule has 5 nitrogen and oxygen atoms in total. The summed E-state index contributed by atoms with van der Waals surface area (Å²) in [5, 5.41) is 7.54. The van der Waals surface area contributed by atoms with Crippen LogP contribution in [-0.4, -0.2) is 40.2 Å². The van der Waals surface area contributed by atoms with Crippen LogP contribution in [0.2, 0.25) is 0 Å². The molecule has 5 heteroatoms. The number of likely N-dealkylation sites (tertiary alicyclic amines) is 1. The summed E-state index contributed by atoms with van der Waals surface area (Å²) in [6.45, 7) is 15.9. The highest BCUT2D eigenvalue weighted by atomic mass is 16.2. The molecular weight excluding hydrogens is 336 g/mol. The van der Waals surface area contributed by atoms with Crippen molar-refractivity contribution in [3.8, 4) is 0 Å². The van der Waals surface area contributed by atoms with Crippen LogP contribution in [0.15, 0.2) is 23.9 Å². The molecule has 0 aliphatic carbocycles. The summed E-state index contributed by atoms with van der Waals surface area (Å²) in [6, 6.07) is 2.27. The van der Waals surface area contributed by atoms with Gasteiger partial charge in [-0.05, 0) is 45.4 Å². The van der Waals surface area contributed by atoms with Crippen molar-refractivity contribution < 1.29 is 4.79 Å². The Labute approximate surface area is 165 Å². The topological polar surface area (TPSA) is 50.2 Å². The summed E-state index contributed by atoms with van der Waals surface area (Å²) in [5.41, 5.74) is 1.01. The Balaban J connectivity index is 1.83. The number of nitrogens with one attached hydrogen (secondary N) is 1. The molecule has 1 atom stereocenters. The van der Waals surface area contributed by atoms with Crippen LogP contribution in [0.5, 0.6) is 0 Å². The van der Waals surface area contributed by atoms with E-state index in [0.29, 0.717) is 6.04 Å². The maximum absolute atomic E-state index is 12.3. The SMILES string of the molecule is CC(C)=CCC[C@@H](C)CN1CCC(n2nccc2NC(=O)C(C)(C)C)CC1. The molecule has 0 aromatic carbocycles. The van der Waals surface area contributed by atoms with Crippen molar-refractivity contribution in [3.05, 3.63) is 23.9 Å². The van der Waals surface area contributed by atoms with Gasteiger partial charge in [0.1, 0.15) is 5.82 Å². The molecule has 2 rings (SSSR count). The van der Waals surface area contributed by atoms with E-state index in [1.807, 2.05) is 31.5 Å². The largest absolute Gasteiger partial charge is 0.310 e. The molecule has 1 N–H and O–H groups in total. The predicted molar refractivity (Wildman–Crippen MR) is 113 cm³/mol. The number of amides is 1. The minimum absolute atomic E-state index is 0.0341. The quantitative estimate of drug-likeness (QED) is 0.692. The molecule has 0 spiro atoms. The Kier molecular flexibility index (Phi) is 7.66. The monoisotopic (exact) mass is 374 g/mol. The van der Waals surface area contributed by atoms with E-state index in [9.17, 15) is 4.79 Å². The van der Waals surface area contributed by atoms with Crippen LogP contribution in [0.4, 0.5) is 5.82 Å². The molecule has 27 heavy (non-hydrogen) atoms. The number of anilines is 1. The van der Waals surface area contributed by atoms with E-state index >= 15 is 0 Å². The highest BCUT2D eigenvalue weighted by Crippen LogP contribution is 2.27. The van der Waals surface area contributed by atoms with Crippen molar-refractivity contribution >= 4 is 11.7 Å². The molecule has 0 saturated carbocycles. The summed E-state index contributed by atoms with van der Waals surface area (Å²) in [5.74, 6) is 1.58. The first-order valence-corrected chi connectivity index (χ1v) is 10.4. The first-order chi connectivity index (χ1) is 12.7. The molecule has 0 unspecified atom stereocenters. The predicted octanol–water partition coefficient (Wildman–Crippen LogP) is 4.89. The second-order valence-electron chi connectivity index (χ2n) is 9.36. The lowest BCUT2D eigenvalue weighted by molar-refractivity contribution is -0.123. The van der Waals surface area contributed by atoms with Gasteiger partial charge in [-0.2, -0.15) is 5.10 Å². The van der Waals surface area contributed by atoms with Gasteiger partial charge in [-0.25, -0.2) is 4.68 Å². The number of aromatic nitrogens is 2. The lowest BCUT2D eigenvalue weighted by Gasteiger charge is -2.34. The van der Waals surface area contributed by atoms with Crippen molar-refractivity contribution in [2.45, 2.75) is 73.3 Å². The van der Waals surface area contributed by atoms with E-state index < -0.39 is 5.41 Å². The van der Waals surface area contributed by atoms with Gasteiger partial charge in [-0.15, -0.1) is 0 Å². The summed E-state index contributed by atoms with van der Waals surface area (Å²) in [6.07, 6.45) is 8.74. The molecule has 152 valence electrons. The van der Waals surface area contributed by atoms with E-state index in [1.165, 1.54) is 25.0 Å². The van der Waals surface area contributed by atoms with Crippen molar-refractivity contribution in [1.29, 1.82) is 0 Å². The Morgan fingerprint density at radius 3 is 2.59 bits per heavy atom. The van der Waals surface area contributed by atoms with Crippen molar-refractivity contribution in [3.63, 3.8) is 0 Å².